The van der Waals surface area contributed by atoms with E-state index in [4.69, 9.17) is 0 Å². The highest BCUT2D eigenvalue weighted by molar-refractivity contribution is 9.10. The standard InChI is InChI=1S/C15H13BrN2O3/c1-9-6-7-12(16)13(8-9)17-15(19)11-4-3-5-14(10(11)2)18(20)21/h3-8H,1-2H3,(H,17,19). The van der Waals surface area contributed by atoms with Crippen molar-refractivity contribution in [3.05, 3.63) is 67.7 Å². The molecule has 5 nitrogen and oxygen atoms in total. The number of amides is 1. The molecule has 108 valence electrons. The smallest absolute Gasteiger partial charge is 0.273 e. The highest BCUT2D eigenvalue weighted by Crippen LogP contribution is 2.26. The van der Waals surface area contributed by atoms with Crippen LogP contribution in [0.3, 0.4) is 0 Å². The molecule has 0 radical (unpaired) electrons. The molecule has 0 unspecified atom stereocenters. The number of nitrogens with one attached hydrogen (secondary N) is 1. The summed E-state index contributed by atoms with van der Waals surface area (Å²) in [7, 11) is 0. The lowest BCUT2D eigenvalue weighted by molar-refractivity contribution is -0.385. The number of rotatable bonds is 3. The molecule has 2 aromatic rings. The zero-order valence-corrected chi connectivity index (χ0v) is 13.1. The monoisotopic (exact) mass is 348 g/mol. The normalized spacial score (nSPS) is 10.2. The molecule has 0 bridgehead atoms. The van der Waals surface area contributed by atoms with Crippen LogP contribution in [0.1, 0.15) is 21.5 Å². The van der Waals surface area contributed by atoms with E-state index >= 15 is 0 Å². The zero-order valence-electron chi connectivity index (χ0n) is 11.5. The van der Waals surface area contributed by atoms with Crippen LogP contribution in [0.15, 0.2) is 40.9 Å². The number of nitro groups is 1. The van der Waals surface area contributed by atoms with Gasteiger partial charge in [0, 0.05) is 21.7 Å². The Balaban J connectivity index is 2.35. The summed E-state index contributed by atoms with van der Waals surface area (Å²) in [5, 5.41) is 13.7. The molecule has 0 heterocycles. The molecule has 2 aromatic carbocycles. The van der Waals surface area contributed by atoms with Crippen molar-refractivity contribution in [1.29, 1.82) is 0 Å². The Morgan fingerprint density at radius 3 is 2.62 bits per heavy atom. The van der Waals surface area contributed by atoms with Crippen molar-refractivity contribution in [2.75, 3.05) is 5.32 Å². The van der Waals surface area contributed by atoms with Crippen LogP contribution in [0.5, 0.6) is 0 Å². The number of nitrogens with zero attached hydrogens (tertiary/aromatic N) is 1. The molecule has 0 spiro atoms. The minimum atomic E-state index is -0.491. The second-order valence-electron chi connectivity index (χ2n) is 4.64. The number of nitro benzene ring substituents is 1. The summed E-state index contributed by atoms with van der Waals surface area (Å²) in [6, 6.07) is 10.0. The number of halogens is 1. The second-order valence-corrected chi connectivity index (χ2v) is 5.50. The molecule has 1 N–H and O–H groups in total. The maximum Gasteiger partial charge on any atom is 0.273 e. The van der Waals surface area contributed by atoms with Gasteiger partial charge in [-0.1, -0.05) is 12.1 Å². The van der Waals surface area contributed by atoms with Crippen molar-refractivity contribution in [1.82, 2.24) is 0 Å². The molecule has 0 fully saturated rings. The van der Waals surface area contributed by atoms with Gasteiger partial charge in [0.15, 0.2) is 0 Å². The van der Waals surface area contributed by atoms with E-state index < -0.39 is 4.92 Å². The summed E-state index contributed by atoms with van der Waals surface area (Å²) in [6.07, 6.45) is 0. The first kappa shape index (κ1) is 15.2. The Kier molecular flexibility index (Phi) is 4.37. The van der Waals surface area contributed by atoms with E-state index in [0.29, 0.717) is 11.3 Å². The lowest BCUT2D eigenvalue weighted by atomic mass is 10.1. The highest BCUT2D eigenvalue weighted by atomic mass is 79.9. The van der Waals surface area contributed by atoms with Crippen molar-refractivity contribution in [2.24, 2.45) is 0 Å². The lowest BCUT2D eigenvalue weighted by Crippen LogP contribution is -2.14. The fraction of sp³-hybridized carbons (Fsp3) is 0.133. The third kappa shape index (κ3) is 3.28. The number of carbonyl (C=O) groups excluding carboxylic acids is 1. The molecule has 0 atom stereocenters. The topological polar surface area (TPSA) is 72.2 Å². The minimum absolute atomic E-state index is 0.0639. The molecule has 2 rings (SSSR count). The lowest BCUT2D eigenvalue weighted by Gasteiger charge is -2.10. The summed E-state index contributed by atoms with van der Waals surface area (Å²) < 4.78 is 0.754. The predicted molar refractivity (Wildman–Crippen MR) is 84.7 cm³/mol. The van der Waals surface area contributed by atoms with E-state index in [-0.39, 0.29) is 17.2 Å². The Hall–Kier alpha value is -2.21. The van der Waals surface area contributed by atoms with Crippen LogP contribution in [0.4, 0.5) is 11.4 Å². The summed E-state index contributed by atoms with van der Waals surface area (Å²) in [5.41, 5.74) is 2.21. The first-order chi connectivity index (χ1) is 9.90. The molecule has 6 heteroatoms. The average molecular weight is 349 g/mol. The van der Waals surface area contributed by atoms with Gasteiger partial charge in [-0.25, -0.2) is 0 Å². The Bertz CT molecular complexity index is 729. The summed E-state index contributed by atoms with van der Waals surface area (Å²) in [4.78, 5) is 22.7. The van der Waals surface area contributed by atoms with Gasteiger partial charge in [-0.15, -0.1) is 0 Å². The van der Waals surface area contributed by atoms with Crippen LogP contribution < -0.4 is 5.32 Å². The van der Waals surface area contributed by atoms with Crippen LogP contribution in [0, 0.1) is 24.0 Å². The molecule has 0 saturated heterocycles. The van der Waals surface area contributed by atoms with Crippen LogP contribution in [0.25, 0.3) is 0 Å². The SMILES string of the molecule is Cc1ccc(Br)c(NC(=O)c2cccc([N+](=O)[O-])c2C)c1. The van der Waals surface area contributed by atoms with E-state index in [0.717, 1.165) is 10.0 Å². The van der Waals surface area contributed by atoms with E-state index in [9.17, 15) is 14.9 Å². The summed E-state index contributed by atoms with van der Waals surface area (Å²) in [5.74, 6) is -0.373. The second kappa shape index (κ2) is 6.05. The zero-order chi connectivity index (χ0) is 15.6. The van der Waals surface area contributed by atoms with E-state index in [1.165, 1.54) is 12.1 Å². The van der Waals surface area contributed by atoms with Gasteiger partial charge in [0.25, 0.3) is 11.6 Å². The van der Waals surface area contributed by atoms with E-state index in [1.807, 2.05) is 25.1 Å². The van der Waals surface area contributed by atoms with Crippen LogP contribution in [-0.4, -0.2) is 10.8 Å². The van der Waals surface area contributed by atoms with Gasteiger partial charge in [-0.2, -0.15) is 0 Å². The molecule has 0 aliphatic heterocycles. The Morgan fingerprint density at radius 1 is 1.24 bits per heavy atom. The minimum Gasteiger partial charge on any atom is -0.321 e. The first-order valence-electron chi connectivity index (χ1n) is 6.21. The third-order valence-electron chi connectivity index (χ3n) is 3.12. The maximum absolute atomic E-state index is 12.3. The van der Waals surface area contributed by atoms with Crippen molar-refractivity contribution in [2.45, 2.75) is 13.8 Å². The van der Waals surface area contributed by atoms with Crippen molar-refractivity contribution in [3.8, 4) is 0 Å². The molecule has 0 aliphatic carbocycles. The van der Waals surface area contributed by atoms with Gasteiger partial charge in [0.1, 0.15) is 0 Å². The fourth-order valence-corrected chi connectivity index (χ4v) is 2.34. The average Bonchev–Trinajstić information content (AvgIpc) is 2.42. The number of hydrogen-bond donors (Lipinski definition) is 1. The molecular weight excluding hydrogens is 336 g/mol. The summed E-state index contributed by atoms with van der Waals surface area (Å²) >= 11 is 3.36. The summed E-state index contributed by atoms with van der Waals surface area (Å²) in [6.45, 7) is 3.49. The molecule has 21 heavy (non-hydrogen) atoms. The van der Waals surface area contributed by atoms with Crippen molar-refractivity contribution in [3.63, 3.8) is 0 Å². The number of carbonyl (C=O) groups is 1. The number of aryl methyl sites for hydroxylation is 1. The maximum atomic E-state index is 12.3. The van der Waals surface area contributed by atoms with Crippen LogP contribution >= 0.6 is 15.9 Å². The first-order valence-corrected chi connectivity index (χ1v) is 7.01. The largest absolute Gasteiger partial charge is 0.321 e. The fourth-order valence-electron chi connectivity index (χ4n) is 1.99. The van der Waals surface area contributed by atoms with Crippen LogP contribution in [-0.2, 0) is 0 Å². The van der Waals surface area contributed by atoms with Crippen molar-refractivity contribution >= 4 is 33.2 Å². The van der Waals surface area contributed by atoms with Crippen molar-refractivity contribution < 1.29 is 9.72 Å². The number of benzene rings is 2. The molecular formula is C15H13BrN2O3. The van der Waals surface area contributed by atoms with Gasteiger partial charge in [0.05, 0.1) is 10.6 Å². The van der Waals surface area contributed by atoms with Gasteiger partial charge in [-0.3, -0.25) is 14.9 Å². The molecule has 0 aromatic heterocycles. The molecule has 0 saturated carbocycles. The van der Waals surface area contributed by atoms with Gasteiger partial charge in [-0.05, 0) is 53.5 Å². The van der Waals surface area contributed by atoms with Gasteiger partial charge in [0.2, 0.25) is 0 Å². The van der Waals surface area contributed by atoms with Gasteiger partial charge < -0.3 is 5.32 Å². The number of hydrogen-bond acceptors (Lipinski definition) is 3. The quantitative estimate of drug-likeness (QED) is 0.666. The third-order valence-corrected chi connectivity index (χ3v) is 3.81. The van der Waals surface area contributed by atoms with E-state index in [1.54, 1.807) is 13.0 Å². The Labute approximate surface area is 130 Å². The van der Waals surface area contributed by atoms with Gasteiger partial charge >= 0.3 is 0 Å². The van der Waals surface area contributed by atoms with Crippen LogP contribution in [0.2, 0.25) is 0 Å². The molecule has 0 aliphatic rings. The number of anilines is 1. The highest BCUT2D eigenvalue weighted by Gasteiger charge is 2.18. The predicted octanol–water partition coefficient (Wildman–Crippen LogP) is 4.23. The van der Waals surface area contributed by atoms with E-state index in [2.05, 4.69) is 21.2 Å². The Morgan fingerprint density at radius 2 is 1.95 bits per heavy atom. The molecule has 1 amide bonds.